The Labute approximate surface area is 250 Å². The Morgan fingerprint density at radius 2 is 1.88 bits per heavy atom. The van der Waals surface area contributed by atoms with Crippen LogP contribution in [0.1, 0.15) is 62.0 Å². The van der Waals surface area contributed by atoms with Crippen LogP contribution in [0.15, 0.2) is 66.0 Å². The zero-order valence-corrected chi connectivity index (χ0v) is 28.1. The van der Waals surface area contributed by atoms with E-state index in [1.807, 2.05) is 0 Å². The van der Waals surface area contributed by atoms with Crippen molar-refractivity contribution in [2.24, 2.45) is 5.92 Å². The summed E-state index contributed by atoms with van der Waals surface area (Å²) >= 11 is -0.171. The highest BCUT2D eigenvalue weighted by Gasteiger charge is 2.46. The fourth-order valence-corrected chi connectivity index (χ4v) is 9.29. The summed E-state index contributed by atoms with van der Waals surface area (Å²) in [4.78, 5) is 21.0. The highest BCUT2D eigenvalue weighted by Crippen LogP contribution is 2.65. The number of nitrogens with zero attached hydrogens (tertiary/aromatic N) is 2. The van der Waals surface area contributed by atoms with Crippen molar-refractivity contribution in [3.63, 3.8) is 0 Å². The van der Waals surface area contributed by atoms with Crippen LogP contribution in [0.3, 0.4) is 0 Å². The van der Waals surface area contributed by atoms with E-state index in [0.717, 1.165) is 51.5 Å². The van der Waals surface area contributed by atoms with E-state index < -0.39 is 17.5 Å². The van der Waals surface area contributed by atoms with Gasteiger partial charge in [-0.1, -0.05) is 72.3 Å². The lowest BCUT2D eigenvalue weighted by Gasteiger charge is -2.26. The van der Waals surface area contributed by atoms with Gasteiger partial charge in [-0.05, 0) is 50.0 Å². The average Bonchev–Trinajstić information content (AvgIpc) is 2.92. The van der Waals surface area contributed by atoms with E-state index in [4.69, 9.17) is 4.98 Å². The van der Waals surface area contributed by atoms with Crippen molar-refractivity contribution in [2.75, 3.05) is 17.6 Å². The molecule has 40 heavy (non-hydrogen) atoms. The Morgan fingerprint density at radius 3 is 2.40 bits per heavy atom. The molecule has 0 radical (unpaired) electrons. The number of sulfonamides is 1. The Kier molecular flexibility index (Phi) is 9.65. The molecular formula is C31H41IN3O3PS+2. The molecule has 0 bridgehead atoms. The van der Waals surface area contributed by atoms with Crippen molar-refractivity contribution < 1.29 is 18.3 Å². The summed E-state index contributed by atoms with van der Waals surface area (Å²) < 4.78 is 30.9. The van der Waals surface area contributed by atoms with Crippen LogP contribution in [0.4, 0.5) is 5.95 Å². The smallest absolute Gasteiger partial charge is 0.240 e. The maximum atomic E-state index is 12.8. The molecular weight excluding hydrogens is 652 g/mol. The third kappa shape index (κ3) is 6.72. The Bertz CT molecular complexity index is 1510. The summed E-state index contributed by atoms with van der Waals surface area (Å²) in [6.07, 6.45) is 16.4. The molecule has 1 heterocycles. The second-order valence-corrected chi connectivity index (χ2v) is 18.5. The lowest BCUT2D eigenvalue weighted by molar-refractivity contribution is -0.371. The molecule has 2 aliphatic carbocycles. The van der Waals surface area contributed by atoms with Crippen LogP contribution in [0.25, 0.3) is 5.57 Å². The van der Waals surface area contributed by atoms with Gasteiger partial charge in [-0.15, -0.1) is 20.7 Å². The minimum Gasteiger partial charge on any atom is -0.240 e. The van der Waals surface area contributed by atoms with Crippen LogP contribution in [0.2, 0.25) is 0 Å². The second kappa shape index (κ2) is 12.5. The van der Waals surface area contributed by atoms with E-state index >= 15 is 0 Å². The first kappa shape index (κ1) is 30.9. The lowest BCUT2D eigenvalue weighted by Crippen LogP contribution is -2.35. The first-order valence-corrected chi connectivity index (χ1v) is 20.1. The predicted octanol–water partition coefficient (Wildman–Crippen LogP) is 6.07. The predicted molar refractivity (Wildman–Crippen MR) is 179 cm³/mol. The maximum absolute atomic E-state index is 12.8. The number of allylic oxidation sites excluding steroid dienone is 8. The summed E-state index contributed by atoms with van der Waals surface area (Å²) in [6, 6.07) is 8.22. The molecule has 0 saturated heterocycles. The number of aryl methyl sites for hydroxylation is 1. The number of hydrogen-bond donors (Lipinski definition) is 1. The molecule has 3 atom stereocenters. The molecule has 2 aliphatic rings. The molecule has 3 unspecified atom stereocenters. The number of anilines is 1. The zero-order chi connectivity index (χ0) is 29.2. The van der Waals surface area contributed by atoms with Gasteiger partial charge in [0, 0.05) is 15.4 Å². The fourth-order valence-electron chi connectivity index (χ4n) is 4.95. The summed E-state index contributed by atoms with van der Waals surface area (Å²) in [7, 11) is -4.89. The molecule has 0 saturated carbocycles. The Hall–Kier alpha value is -2.00. The third-order valence-electron chi connectivity index (χ3n) is 7.52. The van der Waals surface area contributed by atoms with Crippen molar-refractivity contribution >= 4 is 59.6 Å². The number of benzene rings is 1. The molecule has 1 aromatic carbocycles. The average molecular weight is 694 g/mol. The Morgan fingerprint density at radius 1 is 1.18 bits per heavy atom. The number of alkyl halides is 1. The zero-order valence-electron chi connectivity index (χ0n) is 24.2. The van der Waals surface area contributed by atoms with E-state index in [1.165, 1.54) is 17.6 Å². The van der Waals surface area contributed by atoms with Gasteiger partial charge in [-0.3, -0.25) is 0 Å². The summed E-state index contributed by atoms with van der Waals surface area (Å²) in [6.45, 7) is 8.37. The van der Waals surface area contributed by atoms with E-state index in [-0.39, 0.29) is 32.6 Å². The van der Waals surface area contributed by atoms with Gasteiger partial charge in [0.1, 0.15) is 28.2 Å². The molecule has 0 fully saturated rings. The van der Waals surface area contributed by atoms with Gasteiger partial charge < -0.3 is 0 Å². The number of hydrogen-bond acceptors (Lipinski definition) is 4. The van der Waals surface area contributed by atoms with Crippen molar-refractivity contribution in [2.45, 2.75) is 56.5 Å². The van der Waals surface area contributed by atoms with Crippen molar-refractivity contribution in [1.29, 1.82) is 0 Å². The highest BCUT2D eigenvalue weighted by atomic mass is 127. The van der Waals surface area contributed by atoms with Crippen LogP contribution in [0.5, 0.6) is 0 Å². The quantitative estimate of drug-likeness (QED) is 0.197. The number of H-pyrrole nitrogens is 1. The van der Waals surface area contributed by atoms with Crippen molar-refractivity contribution in [3.8, 4) is 0 Å². The van der Waals surface area contributed by atoms with Gasteiger partial charge in [-0.2, -0.15) is 12.7 Å². The minimum absolute atomic E-state index is 0.00375. The summed E-state index contributed by atoms with van der Waals surface area (Å²) in [5.74, 6) is 0.706. The van der Waals surface area contributed by atoms with Gasteiger partial charge >= 0.3 is 5.95 Å². The maximum Gasteiger partial charge on any atom is 0.406 e. The number of halogens is 1. The molecule has 1 aromatic heterocycles. The SMILES string of the molecule is C=IC1C=CC(c2[nH+]c(N(C)S(C)(=O)=O)nc(C(C)C)c2C[P+](O)(C2=CCC(C)C=C2)c2ccc(C)cc2)=CC1. The molecule has 0 aliphatic heterocycles. The molecule has 0 amide bonds. The topological polar surface area (TPSA) is 84.6 Å². The van der Waals surface area contributed by atoms with Gasteiger partial charge in [-0.25, -0.2) is 9.88 Å². The highest BCUT2D eigenvalue weighted by molar-refractivity contribution is 14.2. The number of rotatable bonds is 9. The van der Waals surface area contributed by atoms with Crippen LogP contribution < -0.4 is 14.6 Å². The molecule has 214 valence electrons. The van der Waals surface area contributed by atoms with E-state index in [9.17, 15) is 13.3 Å². The van der Waals surface area contributed by atoms with Crippen LogP contribution in [-0.2, 0) is 16.2 Å². The molecule has 0 spiro atoms. The van der Waals surface area contributed by atoms with Gasteiger partial charge in [0.25, 0.3) is 10.0 Å². The summed E-state index contributed by atoms with van der Waals surface area (Å²) in [5, 5.41) is 1.90. The van der Waals surface area contributed by atoms with E-state index in [0.29, 0.717) is 16.0 Å². The van der Waals surface area contributed by atoms with Crippen LogP contribution in [-0.4, -0.2) is 40.0 Å². The fraction of sp³-hybridized carbons (Fsp3) is 0.387. The second-order valence-electron chi connectivity index (χ2n) is 11.1. The first-order chi connectivity index (χ1) is 18.8. The summed E-state index contributed by atoms with van der Waals surface area (Å²) in [5.41, 5.74) is 4.68. The Balaban J connectivity index is 1.97. The number of aromatic amines is 1. The lowest BCUT2D eigenvalue weighted by atomic mass is 9.96. The largest absolute Gasteiger partial charge is 0.406 e. The van der Waals surface area contributed by atoms with E-state index in [2.05, 4.69) is 97.9 Å². The molecule has 6 nitrogen and oxygen atoms in total. The van der Waals surface area contributed by atoms with Gasteiger partial charge in [0.05, 0.1) is 18.9 Å². The first-order valence-electron chi connectivity index (χ1n) is 13.6. The standard InChI is InChI=1S/C31H40IN3O3PS/c1-21(2)29-28(20-39(36,26-16-8-22(3)9-17-26)27-18-10-23(4)11-19-27)30(24-12-14-25(32-5)15-13-24)34-31(33-29)35(6)40(7,37)38/h8-10,12-14,16-19,21,23,25,36H,5,11,15,20H2,1-4,6-7H3/q+1/p+1. The molecule has 2 N–H and O–H groups in total. The third-order valence-corrected chi connectivity index (χ3v) is 13.9. The van der Waals surface area contributed by atoms with Gasteiger partial charge in [0.15, 0.2) is 0 Å². The number of aromatic nitrogens is 2. The van der Waals surface area contributed by atoms with E-state index in [1.54, 1.807) is 0 Å². The van der Waals surface area contributed by atoms with Crippen LogP contribution in [0, 0.1) is 12.8 Å². The van der Waals surface area contributed by atoms with Gasteiger partial charge in [0.2, 0.25) is 7.49 Å². The molecule has 2 aromatic rings. The number of nitrogens with one attached hydrogen (secondary N) is 1. The van der Waals surface area contributed by atoms with Crippen LogP contribution >= 0.6 is 28.2 Å². The minimum atomic E-state index is -3.54. The monoisotopic (exact) mass is 693 g/mol. The molecule has 4 rings (SSSR count). The van der Waals surface area contributed by atoms with Crippen molar-refractivity contribution in [3.05, 3.63) is 88.6 Å². The molecule has 9 heteroatoms. The van der Waals surface area contributed by atoms with Crippen molar-refractivity contribution in [1.82, 2.24) is 4.98 Å². The normalized spacial score (nSPS) is 20.7.